The van der Waals surface area contributed by atoms with Crippen LogP contribution < -0.4 is 10.1 Å². The minimum Gasteiger partial charge on any atom is -0.484 e. The molecule has 1 aliphatic heterocycles. The number of nitrogens with one attached hydrogen (secondary N) is 1. The second kappa shape index (κ2) is 7.61. The van der Waals surface area contributed by atoms with E-state index in [1.54, 1.807) is 0 Å². The number of alkyl halides is 5. The third kappa shape index (κ3) is 4.91. The molecule has 0 amide bonds. The van der Waals surface area contributed by atoms with Crippen molar-refractivity contribution in [3.05, 3.63) is 29.6 Å². The Morgan fingerprint density at radius 3 is 2.26 bits per heavy atom. The van der Waals surface area contributed by atoms with E-state index in [2.05, 4.69) is 10.1 Å². The standard InChI is InChI=1S/C14H15F6NO.ClH/c15-11-2-1-10(9-3-5-21-6-4-9)7-12(11)22-8-13(16,17)14(18,19)20;/h1-2,7,9,21H,3-6,8H2;1H. The Morgan fingerprint density at radius 2 is 1.70 bits per heavy atom. The van der Waals surface area contributed by atoms with Crippen molar-refractivity contribution in [2.24, 2.45) is 0 Å². The lowest BCUT2D eigenvalue weighted by molar-refractivity contribution is -0.290. The first-order valence-corrected chi connectivity index (χ1v) is 6.78. The molecule has 2 nitrogen and oxygen atoms in total. The lowest BCUT2D eigenvalue weighted by atomic mass is 9.90. The predicted molar refractivity (Wildman–Crippen MR) is 75.0 cm³/mol. The molecule has 0 bridgehead atoms. The fourth-order valence-corrected chi connectivity index (χ4v) is 2.29. The molecule has 1 N–H and O–H groups in total. The van der Waals surface area contributed by atoms with Crippen LogP contribution in [0.2, 0.25) is 0 Å². The van der Waals surface area contributed by atoms with E-state index in [1.807, 2.05) is 0 Å². The van der Waals surface area contributed by atoms with Crippen molar-refractivity contribution >= 4 is 12.4 Å². The highest BCUT2D eigenvalue weighted by Crippen LogP contribution is 2.36. The molecule has 1 aliphatic rings. The highest BCUT2D eigenvalue weighted by Gasteiger charge is 2.58. The first-order chi connectivity index (χ1) is 10.2. The molecule has 0 aromatic heterocycles. The largest absolute Gasteiger partial charge is 0.484 e. The molecule has 0 aliphatic carbocycles. The van der Waals surface area contributed by atoms with Gasteiger partial charge in [-0.05, 0) is 49.5 Å². The average molecular weight is 364 g/mol. The number of hydrogen-bond donors (Lipinski definition) is 1. The highest BCUT2D eigenvalue weighted by molar-refractivity contribution is 5.85. The number of piperidine rings is 1. The zero-order valence-corrected chi connectivity index (χ0v) is 12.7. The number of benzene rings is 1. The molecule has 1 aromatic rings. The van der Waals surface area contributed by atoms with E-state index in [1.165, 1.54) is 12.1 Å². The normalized spacial score (nSPS) is 16.8. The van der Waals surface area contributed by atoms with Gasteiger partial charge >= 0.3 is 12.1 Å². The van der Waals surface area contributed by atoms with Crippen molar-refractivity contribution in [1.82, 2.24) is 5.32 Å². The first kappa shape index (κ1) is 19.9. The van der Waals surface area contributed by atoms with Crippen LogP contribution in [0.1, 0.15) is 24.3 Å². The van der Waals surface area contributed by atoms with Crippen LogP contribution in [0.4, 0.5) is 26.3 Å². The van der Waals surface area contributed by atoms with Crippen molar-refractivity contribution < 1.29 is 31.1 Å². The molecule has 23 heavy (non-hydrogen) atoms. The lowest BCUT2D eigenvalue weighted by Crippen LogP contribution is -2.41. The average Bonchev–Trinajstić information content (AvgIpc) is 2.46. The van der Waals surface area contributed by atoms with Crippen LogP contribution in [0.3, 0.4) is 0 Å². The van der Waals surface area contributed by atoms with E-state index >= 15 is 0 Å². The van der Waals surface area contributed by atoms with Gasteiger partial charge in [0.05, 0.1) is 0 Å². The molecule has 132 valence electrons. The third-order valence-corrected chi connectivity index (χ3v) is 3.59. The van der Waals surface area contributed by atoms with Crippen molar-refractivity contribution in [3.63, 3.8) is 0 Å². The second-order valence-electron chi connectivity index (χ2n) is 5.21. The molecule has 0 spiro atoms. The maximum absolute atomic E-state index is 13.5. The molecule has 2 rings (SSSR count). The number of rotatable bonds is 4. The van der Waals surface area contributed by atoms with Gasteiger partial charge in [0.1, 0.15) is 0 Å². The monoisotopic (exact) mass is 363 g/mol. The Morgan fingerprint density at radius 1 is 1.09 bits per heavy atom. The summed E-state index contributed by atoms with van der Waals surface area (Å²) in [5, 5.41) is 3.14. The van der Waals surface area contributed by atoms with Gasteiger partial charge in [0.25, 0.3) is 0 Å². The summed E-state index contributed by atoms with van der Waals surface area (Å²) < 4.78 is 79.8. The van der Waals surface area contributed by atoms with Gasteiger partial charge in [-0.2, -0.15) is 22.0 Å². The van der Waals surface area contributed by atoms with Crippen molar-refractivity contribution in [2.75, 3.05) is 19.7 Å². The number of ether oxygens (including phenoxy) is 1. The highest BCUT2D eigenvalue weighted by atomic mass is 35.5. The van der Waals surface area contributed by atoms with Crippen LogP contribution in [0.25, 0.3) is 0 Å². The topological polar surface area (TPSA) is 21.3 Å². The van der Waals surface area contributed by atoms with Crippen molar-refractivity contribution in [3.8, 4) is 5.75 Å². The molecule has 1 saturated heterocycles. The summed E-state index contributed by atoms with van der Waals surface area (Å²) in [5.74, 6) is -6.47. The zero-order chi connectivity index (χ0) is 16.4. The van der Waals surface area contributed by atoms with Gasteiger partial charge in [0.2, 0.25) is 0 Å². The lowest BCUT2D eigenvalue weighted by Gasteiger charge is -2.24. The molecule has 0 unspecified atom stereocenters. The molecule has 0 saturated carbocycles. The maximum Gasteiger partial charge on any atom is 0.456 e. The van der Waals surface area contributed by atoms with Crippen LogP contribution in [-0.4, -0.2) is 31.8 Å². The zero-order valence-electron chi connectivity index (χ0n) is 11.9. The summed E-state index contributed by atoms with van der Waals surface area (Å²) in [6.45, 7) is -0.405. The van der Waals surface area contributed by atoms with E-state index < -0.39 is 30.3 Å². The Balaban J connectivity index is 0.00000264. The summed E-state index contributed by atoms with van der Waals surface area (Å²) in [6, 6.07) is 3.73. The van der Waals surface area contributed by atoms with E-state index in [0.717, 1.165) is 32.0 Å². The summed E-state index contributed by atoms with van der Waals surface area (Å²) in [7, 11) is 0. The van der Waals surface area contributed by atoms with E-state index in [9.17, 15) is 26.3 Å². The molecule has 9 heteroatoms. The fourth-order valence-electron chi connectivity index (χ4n) is 2.29. The van der Waals surface area contributed by atoms with Crippen LogP contribution >= 0.6 is 12.4 Å². The Labute approximate surface area is 135 Å². The summed E-state index contributed by atoms with van der Waals surface area (Å²) >= 11 is 0. The quantitative estimate of drug-likeness (QED) is 0.806. The van der Waals surface area contributed by atoms with Crippen LogP contribution in [0.15, 0.2) is 18.2 Å². The summed E-state index contributed by atoms with van der Waals surface area (Å²) in [5.41, 5.74) is 0.674. The molecule has 1 aromatic carbocycles. The SMILES string of the molecule is Cl.Fc1ccc(C2CCNCC2)cc1OCC(F)(F)C(F)(F)F. The van der Waals surface area contributed by atoms with Gasteiger partial charge in [-0.3, -0.25) is 0 Å². The van der Waals surface area contributed by atoms with Gasteiger partial charge in [-0.15, -0.1) is 12.4 Å². The van der Waals surface area contributed by atoms with Gasteiger partial charge in [-0.1, -0.05) is 6.07 Å². The molecule has 0 radical (unpaired) electrons. The minimum atomic E-state index is -5.73. The maximum atomic E-state index is 13.5. The Bertz CT molecular complexity index is 516. The van der Waals surface area contributed by atoms with E-state index in [-0.39, 0.29) is 18.3 Å². The minimum absolute atomic E-state index is 0. The van der Waals surface area contributed by atoms with E-state index in [0.29, 0.717) is 5.56 Å². The van der Waals surface area contributed by atoms with Gasteiger partial charge in [-0.25, -0.2) is 4.39 Å². The number of hydrogen-bond acceptors (Lipinski definition) is 2. The fraction of sp³-hybridized carbons (Fsp3) is 0.571. The van der Waals surface area contributed by atoms with Gasteiger partial charge in [0.15, 0.2) is 18.2 Å². The molecular formula is C14H16ClF6NO. The molecule has 1 fully saturated rings. The molecule has 1 heterocycles. The van der Waals surface area contributed by atoms with Crippen molar-refractivity contribution in [2.45, 2.75) is 30.9 Å². The summed E-state index contributed by atoms with van der Waals surface area (Å²) in [4.78, 5) is 0. The smallest absolute Gasteiger partial charge is 0.456 e. The predicted octanol–water partition coefficient (Wildman–Crippen LogP) is 4.29. The Hall–Kier alpha value is -1.15. The van der Waals surface area contributed by atoms with Gasteiger partial charge in [0, 0.05) is 0 Å². The van der Waals surface area contributed by atoms with Crippen LogP contribution in [-0.2, 0) is 0 Å². The van der Waals surface area contributed by atoms with Crippen molar-refractivity contribution in [1.29, 1.82) is 0 Å². The molecular weight excluding hydrogens is 348 g/mol. The Kier molecular flexibility index (Phi) is 6.59. The van der Waals surface area contributed by atoms with Crippen LogP contribution in [0.5, 0.6) is 5.75 Å². The third-order valence-electron chi connectivity index (χ3n) is 3.59. The summed E-state index contributed by atoms with van der Waals surface area (Å²) in [6.07, 6.45) is -4.16. The van der Waals surface area contributed by atoms with E-state index in [4.69, 9.17) is 0 Å². The van der Waals surface area contributed by atoms with Crippen LogP contribution in [0, 0.1) is 5.82 Å². The first-order valence-electron chi connectivity index (χ1n) is 6.78. The van der Waals surface area contributed by atoms with Gasteiger partial charge < -0.3 is 10.1 Å². The number of halogens is 7. The second-order valence-corrected chi connectivity index (χ2v) is 5.21. The molecule has 0 atom stereocenters.